The molecule has 13 nitrogen and oxygen atoms in total. The maximum atomic E-state index is 12.4. The molecule has 5 amide bonds. The lowest BCUT2D eigenvalue weighted by Crippen LogP contribution is -2.47. The maximum Gasteiger partial charge on any atom is 0.303 e. The topological polar surface area (TPSA) is 186 Å². The molecule has 39 heavy (non-hydrogen) atoms. The number of aliphatic carboxylic acids is 1. The number of nitrogens with zero attached hydrogens (tertiary/aromatic N) is 1. The summed E-state index contributed by atoms with van der Waals surface area (Å²) in [6.45, 7) is 0.884. The lowest BCUT2D eigenvalue weighted by molar-refractivity contribution is -0.137. The van der Waals surface area contributed by atoms with E-state index in [0.29, 0.717) is 64.6 Å². The monoisotopic (exact) mass is 556 g/mol. The van der Waals surface area contributed by atoms with Crippen LogP contribution in [0, 0.1) is 0 Å². The van der Waals surface area contributed by atoms with Gasteiger partial charge in [-0.3, -0.25) is 33.7 Å². The van der Waals surface area contributed by atoms with E-state index in [1.54, 1.807) is 14.1 Å². The molecule has 0 bridgehead atoms. The van der Waals surface area contributed by atoms with Gasteiger partial charge in [0.25, 0.3) is 0 Å². The number of amides is 5. The largest absolute Gasteiger partial charge is 0.481 e. The van der Waals surface area contributed by atoms with Gasteiger partial charge in [0.15, 0.2) is 0 Å². The van der Waals surface area contributed by atoms with E-state index in [4.69, 9.17) is 5.11 Å². The molecule has 0 spiro atoms. The molecule has 0 unspecified atom stereocenters. The lowest BCUT2D eigenvalue weighted by atomic mass is 10.2. The van der Waals surface area contributed by atoms with Crippen molar-refractivity contribution < 1.29 is 33.9 Å². The highest BCUT2D eigenvalue weighted by Gasteiger charge is 2.17. The molecule has 6 N–H and O–H groups in total. The van der Waals surface area contributed by atoms with Crippen LogP contribution in [-0.2, 0) is 28.8 Å². The van der Waals surface area contributed by atoms with Crippen molar-refractivity contribution in [2.45, 2.75) is 77.0 Å². The zero-order valence-electron chi connectivity index (χ0n) is 23.6. The summed E-state index contributed by atoms with van der Waals surface area (Å²) in [6.07, 6.45) is 7.28. The molecular weight excluding hydrogens is 508 g/mol. The van der Waals surface area contributed by atoms with Crippen LogP contribution in [0.1, 0.15) is 77.0 Å². The van der Waals surface area contributed by atoms with Gasteiger partial charge in [-0.25, -0.2) is 0 Å². The first-order valence-electron chi connectivity index (χ1n) is 13.8. The number of carbonyl (C=O) groups excluding carboxylic acids is 5. The first-order valence-corrected chi connectivity index (χ1v) is 13.8. The molecule has 0 atom stereocenters. The van der Waals surface area contributed by atoms with E-state index >= 15 is 0 Å². The van der Waals surface area contributed by atoms with E-state index in [2.05, 4.69) is 26.6 Å². The Hall–Kier alpha value is -3.22. The van der Waals surface area contributed by atoms with Crippen molar-refractivity contribution in [3.63, 3.8) is 0 Å². The number of carboxylic acid groups (broad SMARTS) is 1. The molecule has 0 saturated heterocycles. The van der Waals surface area contributed by atoms with Crippen molar-refractivity contribution in [1.29, 1.82) is 0 Å². The van der Waals surface area contributed by atoms with Crippen LogP contribution >= 0.6 is 0 Å². The SMILES string of the molecule is CNC(=O)CCCCCNC(=O)CN(CC(=O)NCCCCCC(=O)O)CC(=O)NCCCCCC(=O)NC. The highest BCUT2D eigenvalue weighted by Crippen LogP contribution is 2.01. The summed E-state index contributed by atoms with van der Waals surface area (Å²) >= 11 is 0. The summed E-state index contributed by atoms with van der Waals surface area (Å²) in [5.74, 6) is -1.81. The molecule has 0 aromatic heterocycles. The minimum Gasteiger partial charge on any atom is -0.481 e. The Balaban J connectivity index is 4.52. The molecule has 0 aliphatic heterocycles. The van der Waals surface area contributed by atoms with Gasteiger partial charge in [0, 0.05) is 53.0 Å². The van der Waals surface area contributed by atoms with Gasteiger partial charge in [-0.2, -0.15) is 0 Å². The van der Waals surface area contributed by atoms with Crippen molar-refractivity contribution in [1.82, 2.24) is 31.5 Å². The smallest absolute Gasteiger partial charge is 0.303 e. The Morgan fingerprint density at radius 2 is 0.821 bits per heavy atom. The number of hydrogen-bond donors (Lipinski definition) is 6. The summed E-state index contributed by atoms with van der Waals surface area (Å²) in [4.78, 5) is 71.8. The Kier molecular flexibility index (Phi) is 21.9. The summed E-state index contributed by atoms with van der Waals surface area (Å²) in [7, 11) is 3.18. The van der Waals surface area contributed by atoms with E-state index in [-0.39, 0.29) is 55.6 Å². The van der Waals surface area contributed by atoms with Crippen LogP contribution in [0.15, 0.2) is 0 Å². The van der Waals surface area contributed by atoms with Crippen LogP contribution < -0.4 is 26.6 Å². The van der Waals surface area contributed by atoms with Crippen molar-refractivity contribution in [2.75, 3.05) is 53.4 Å². The fourth-order valence-electron chi connectivity index (χ4n) is 3.63. The first-order chi connectivity index (χ1) is 18.7. The second-order valence-electron chi connectivity index (χ2n) is 9.37. The molecule has 0 aliphatic rings. The van der Waals surface area contributed by atoms with Crippen molar-refractivity contribution in [2.24, 2.45) is 0 Å². The third-order valence-corrected chi connectivity index (χ3v) is 5.85. The predicted octanol–water partition coefficient (Wildman–Crippen LogP) is -0.105. The summed E-state index contributed by atoms with van der Waals surface area (Å²) in [6, 6.07) is 0. The number of rotatable bonds is 24. The van der Waals surface area contributed by atoms with Crippen LogP contribution in [0.2, 0.25) is 0 Å². The van der Waals surface area contributed by atoms with Gasteiger partial charge in [-0.05, 0) is 38.5 Å². The summed E-state index contributed by atoms with van der Waals surface area (Å²) < 4.78 is 0. The number of hydrogen-bond acceptors (Lipinski definition) is 7. The summed E-state index contributed by atoms with van der Waals surface area (Å²) in [5, 5.41) is 22.1. The van der Waals surface area contributed by atoms with Gasteiger partial charge in [-0.1, -0.05) is 19.3 Å². The summed E-state index contributed by atoms with van der Waals surface area (Å²) in [5.41, 5.74) is 0. The number of carbonyl (C=O) groups is 6. The fourth-order valence-corrected chi connectivity index (χ4v) is 3.63. The molecule has 0 fully saturated rings. The molecule has 0 heterocycles. The molecule has 13 heteroatoms. The number of nitrogens with one attached hydrogen (secondary N) is 5. The zero-order valence-corrected chi connectivity index (χ0v) is 23.6. The van der Waals surface area contributed by atoms with Crippen LogP contribution in [-0.4, -0.2) is 98.9 Å². The standard InChI is InChI=1S/C26H48N6O7/c1-27-21(33)12-6-3-9-15-29-23(35)18-32(20-25(37)31-17-11-5-8-14-26(38)39)19-24(36)30-16-10-4-7-13-22(34)28-2/h3-20H2,1-2H3,(H,27,33)(H,28,34)(H,29,35)(H,30,36)(H,31,37)(H,38,39). The minimum atomic E-state index is -0.848. The average molecular weight is 557 g/mol. The van der Waals surface area contributed by atoms with Crippen LogP contribution in [0.25, 0.3) is 0 Å². The molecule has 0 aromatic carbocycles. The zero-order chi connectivity index (χ0) is 29.3. The molecule has 0 aliphatic carbocycles. The van der Waals surface area contributed by atoms with Gasteiger partial charge in [0.05, 0.1) is 19.6 Å². The lowest BCUT2D eigenvalue weighted by Gasteiger charge is -2.21. The Bertz CT molecular complexity index is 721. The molecule has 0 radical (unpaired) electrons. The van der Waals surface area contributed by atoms with Gasteiger partial charge >= 0.3 is 5.97 Å². The van der Waals surface area contributed by atoms with E-state index in [1.165, 1.54) is 4.90 Å². The van der Waals surface area contributed by atoms with E-state index in [0.717, 1.165) is 25.7 Å². The fraction of sp³-hybridized carbons (Fsp3) is 0.769. The quantitative estimate of drug-likeness (QED) is 0.0889. The molecule has 0 rings (SSSR count). The van der Waals surface area contributed by atoms with Gasteiger partial charge in [-0.15, -0.1) is 0 Å². The second-order valence-corrected chi connectivity index (χ2v) is 9.37. The van der Waals surface area contributed by atoms with Crippen LogP contribution in [0.3, 0.4) is 0 Å². The van der Waals surface area contributed by atoms with Crippen molar-refractivity contribution >= 4 is 35.5 Å². The Morgan fingerprint density at radius 3 is 1.13 bits per heavy atom. The van der Waals surface area contributed by atoms with Gasteiger partial charge < -0.3 is 31.7 Å². The highest BCUT2D eigenvalue weighted by molar-refractivity contribution is 5.84. The third kappa shape index (κ3) is 23.6. The van der Waals surface area contributed by atoms with E-state index in [1.807, 2.05) is 0 Å². The average Bonchev–Trinajstić information content (AvgIpc) is 2.89. The van der Waals surface area contributed by atoms with Crippen molar-refractivity contribution in [3.8, 4) is 0 Å². The third-order valence-electron chi connectivity index (χ3n) is 5.85. The van der Waals surface area contributed by atoms with Crippen LogP contribution in [0.5, 0.6) is 0 Å². The maximum absolute atomic E-state index is 12.4. The Morgan fingerprint density at radius 1 is 0.487 bits per heavy atom. The molecule has 224 valence electrons. The van der Waals surface area contributed by atoms with E-state index in [9.17, 15) is 28.8 Å². The van der Waals surface area contributed by atoms with Gasteiger partial charge in [0.1, 0.15) is 0 Å². The Labute approximate surface area is 231 Å². The molecule has 0 aromatic rings. The second kappa shape index (κ2) is 23.9. The highest BCUT2D eigenvalue weighted by atomic mass is 16.4. The van der Waals surface area contributed by atoms with Crippen LogP contribution in [0.4, 0.5) is 0 Å². The van der Waals surface area contributed by atoms with Gasteiger partial charge in [0.2, 0.25) is 29.5 Å². The molecule has 0 saturated carbocycles. The molecular formula is C26H48N6O7. The first kappa shape index (κ1) is 35.8. The van der Waals surface area contributed by atoms with Crippen molar-refractivity contribution in [3.05, 3.63) is 0 Å². The predicted molar refractivity (Wildman–Crippen MR) is 147 cm³/mol. The minimum absolute atomic E-state index is 0.0182. The number of carboxylic acids is 1. The number of unbranched alkanes of at least 4 members (excludes halogenated alkanes) is 6. The normalized spacial score (nSPS) is 10.5. The van der Waals surface area contributed by atoms with E-state index < -0.39 is 5.97 Å².